The lowest BCUT2D eigenvalue weighted by Gasteiger charge is -2.36. The van der Waals surface area contributed by atoms with Gasteiger partial charge in [-0.05, 0) is 69.0 Å². The minimum atomic E-state index is -0.859. The average Bonchev–Trinajstić information content (AvgIpc) is 3.76. The molecule has 0 bridgehead atoms. The number of thioether (sulfide) groups is 1. The lowest BCUT2D eigenvalue weighted by Crippen LogP contribution is -2.39. The third-order valence-electron chi connectivity index (χ3n) is 8.77. The Morgan fingerprint density at radius 1 is 0.694 bits per heavy atom. The van der Waals surface area contributed by atoms with Gasteiger partial charge in [-0.2, -0.15) is 0 Å². The van der Waals surface area contributed by atoms with Crippen molar-refractivity contribution in [3.8, 4) is 22.5 Å². The molecule has 1 aliphatic heterocycles. The molecular weight excluding hydrogens is 625 g/mol. The highest BCUT2D eigenvalue weighted by molar-refractivity contribution is 8.13. The number of carbonyl (C=O) groups excluding carboxylic acids is 1. The SMILES string of the molecule is CCSC1=NC(=C(C)C)C(=O)N1Cc1ccc(-c2ccccc2-c2nnnn2C(c2ccccc2)(c2ccccc2)c2ccccc2)cc1. The summed E-state index contributed by atoms with van der Waals surface area (Å²) < 4.78 is 1.96. The summed E-state index contributed by atoms with van der Waals surface area (Å²) in [5.74, 6) is 1.44. The molecule has 0 unspecified atom stereocenters. The Hall–Kier alpha value is -5.60. The van der Waals surface area contributed by atoms with Gasteiger partial charge < -0.3 is 0 Å². The Bertz CT molecular complexity index is 2040. The first kappa shape index (κ1) is 32.0. The fourth-order valence-electron chi connectivity index (χ4n) is 6.51. The van der Waals surface area contributed by atoms with Crippen molar-refractivity contribution in [3.05, 3.63) is 173 Å². The van der Waals surface area contributed by atoms with Crippen molar-refractivity contribution in [1.82, 2.24) is 25.1 Å². The summed E-state index contributed by atoms with van der Waals surface area (Å²) in [5.41, 5.74) is 7.68. The molecule has 0 saturated heterocycles. The highest BCUT2D eigenvalue weighted by Crippen LogP contribution is 2.43. The molecule has 8 heteroatoms. The number of carbonyl (C=O) groups is 1. The van der Waals surface area contributed by atoms with Gasteiger partial charge in [0.15, 0.2) is 11.0 Å². The molecule has 0 spiro atoms. The fraction of sp³-hybridized carbons (Fsp3) is 0.146. The van der Waals surface area contributed by atoms with Crippen molar-refractivity contribution in [2.24, 2.45) is 4.99 Å². The standard InChI is InChI=1S/C41H36N6OS/c1-4-49-40-42-37(29(2)3)39(48)46(40)28-30-24-26-31(27-25-30)35-22-14-15-23-36(35)38-43-44-45-47(38)41(32-16-8-5-9-17-32,33-18-10-6-11-19-33)34-20-12-7-13-21-34/h5-27H,4,28H2,1-3H3. The fourth-order valence-corrected chi connectivity index (χ4v) is 7.23. The first-order valence-electron chi connectivity index (χ1n) is 16.4. The molecule has 5 aromatic carbocycles. The Morgan fingerprint density at radius 3 is 1.76 bits per heavy atom. The maximum atomic E-state index is 13.2. The number of aliphatic imine (C=N–C) groups is 1. The Labute approximate surface area is 291 Å². The van der Waals surface area contributed by atoms with Gasteiger partial charge in [0.2, 0.25) is 0 Å². The minimum absolute atomic E-state index is 0.0454. The van der Waals surface area contributed by atoms with E-state index in [0.717, 1.165) is 55.4 Å². The van der Waals surface area contributed by atoms with E-state index in [1.54, 1.807) is 16.7 Å². The first-order valence-corrected chi connectivity index (χ1v) is 17.4. The molecule has 242 valence electrons. The quantitative estimate of drug-likeness (QED) is 0.115. The van der Waals surface area contributed by atoms with Gasteiger partial charge >= 0.3 is 0 Å². The van der Waals surface area contributed by atoms with E-state index in [4.69, 9.17) is 10.3 Å². The summed E-state index contributed by atoms with van der Waals surface area (Å²) in [5, 5.41) is 14.5. The van der Waals surface area contributed by atoms with E-state index in [1.165, 1.54) is 0 Å². The van der Waals surface area contributed by atoms with Gasteiger partial charge in [-0.3, -0.25) is 9.69 Å². The summed E-state index contributed by atoms with van der Waals surface area (Å²) in [6.07, 6.45) is 0. The normalized spacial score (nSPS) is 13.1. The van der Waals surface area contributed by atoms with E-state index in [2.05, 4.69) is 126 Å². The minimum Gasteiger partial charge on any atom is -0.281 e. The number of allylic oxidation sites excluding steroid dienone is 1. The smallest absolute Gasteiger partial charge is 0.278 e. The van der Waals surface area contributed by atoms with Crippen LogP contribution in [0.2, 0.25) is 0 Å². The summed E-state index contributed by atoms with van der Waals surface area (Å²) in [6.45, 7) is 6.39. The van der Waals surface area contributed by atoms with Gasteiger partial charge in [0.1, 0.15) is 11.2 Å². The summed E-state index contributed by atoms with van der Waals surface area (Å²) in [4.78, 5) is 19.7. The largest absolute Gasteiger partial charge is 0.281 e. The molecule has 7 nitrogen and oxygen atoms in total. The van der Waals surface area contributed by atoms with Crippen LogP contribution in [0.5, 0.6) is 0 Å². The van der Waals surface area contributed by atoms with Gasteiger partial charge in [-0.1, -0.05) is 158 Å². The van der Waals surface area contributed by atoms with E-state index in [9.17, 15) is 4.79 Å². The van der Waals surface area contributed by atoms with Crippen LogP contribution in [0.4, 0.5) is 0 Å². The second-order valence-electron chi connectivity index (χ2n) is 12.0. The molecule has 0 saturated carbocycles. The van der Waals surface area contributed by atoms with Crippen molar-refractivity contribution < 1.29 is 4.79 Å². The zero-order valence-corrected chi connectivity index (χ0v) is 28.5. The molecule has 7 rings (SSSR count). The lowest BCUT2D eigenvalue weighted by molar-refractivity contribution is -0.123. The van der Waals surface area contributed by atoms with Crippen molar-refractivity contribution in [2.45, 2.75) is 32.9 Å². The van der Waals surface area contributed by atoms with E-state index < -0.39 is 5.54 Å². The first-order chi connectivity index (χ1) is 24.0. The van der Waals surface area contributed by atoms with Crippen LogP contribution in [-0.4, -0.2) is 41.9 Å². The maximum absolute atomic E-state index is 13.2. The topological polar surface area (TPSA) is 76.3 Å². The number of rotatable bonds is 9. The number of nitrogens with zero attached hydrogens (tertiary/aromatic N) is 6. The predicted molar refractivity (Wildman–Crippen MR) is 198 cm³/mol. The second-order valence-corrected chi connectivity index (χ2v) is 13.3. The van der Waals surface area contributed by atoms with E-state index in [-0.39, 0.29) is 5.91 Å². The third kappa shape index (κ3) is 5.89. The highest BCUT2D eigenvalue weighted by atomic mass is 32.2. The molecule has 1 amide bonds. The highest BCUT2D eigenvalue weighted by Gasteiger charge is 2.42. The van der Waals surface area contributed by atoms with Gasteiger partial charge in [0, 0.05) is 5.56 Å². The molecule has 49 heavy (non-hydrogen) atoms. The molecule has 0 N–H and O–H groups in total. The van der Waals surface area contributed by atoms with E-state index >= 15 is 0 Å². The monoisotopic (exact) mass is 660 g/mol. The van der Waals surface area contributed by atoms with Crippen LogP contribution >= 0.6 is 11.8 Å². The van der Waals surface area contributed by atoms with E-state index in [1.807, 2.05) is 48.9 Å². The predicted octanol–water partition coefficient (Wildman–Crippen LogP) is 8.59. The van der Waals surface area contributed by atoms with Crippen LogP contribution in [-0.2, 0) is 16.9 Å². The van der Waals surface area contributed by atoms with E-state index in [0.29, 0.717) is 18.1 Å². The number of hydrogen-bond donors (Lipinski definition) is 0. The number of hydrogen-bond acceptors (Lipinski definition) is 6. The molecule has 0 atom stereocenters. The van der Waals surface area contributed by atoms with Crippen LogP contribution in [0.25, 0.3) is 22.5 Å². The van der Waals surface area contributed by atoms with Crippen LogP contribution in [0.15, 0.2) is 156 Å². The van der Waals surface area contributed by atoms with Crippen molar-refractivity contribution in [1.29, 1.82) is 0 Å². The van der Waals surface area contributed by atoms with Crippen LogP contribution in [0.1, 0.15) is 43.0 Å². The lowest BCUT2D eigenvalue weighted by atomic mass is 9.77. The molecule has 0 radical (unpaired) electrons. The van der Waals surface area contributed by atoms with Crippen molar-refractivity contribution >= 4 is 22.8 Å². The molecule has 0 fully saturated rings. The Kier molecular flexibility index (Phi) is 9.05. The van der Waals surface area contributed by atoms with Crippen LogP contribution in [0, 0.1) is 0 Å². The van der Waals surface area contributed by atoms with Gasteiger partial charge in [0.05, 0.1) is 6.54 Å². The summed E-state index contributed by atoms with van der Waals surface area (Å²) in [6, 6.07) is 47.9. The molecule has 1 aliphatic rings. The zero-order valence-electron chi connectivity index (χ0n) is 27.7. The molecule has 0 aliphatic carbocycles. The third-order valence-corrected chi connectivity index (χ3v) is 9.63. The maximum Gasteiger partial charge on any atom is 0.278 e. The molecule has 1 aromatic heterocycles. The van der Waals surface area contributed by atoms with Gasteiger partial charge in [0.25, 0.3) is 5.91 Å². The molecule has 2 heterocycles. The van der Waals surface area contributed by atoms with Crippen LogP contribution < -0.4 is 0 Å². The zero-order chi connectivity index (χ0) is 33.8. The molecular formula is C41H36N6OS. The Morgan fingerprint density at radius 2 is 1.22 bits per heavy atom. The number of benzene rings is 5. The van der Waals surface area contributed by atoms with Crippen LogP contribution in [0.3, 0.4) is 0 Å². The number of aromatic nitrogens is 4. The number of tetrazole rings is 1. The van der Waals surface area contributed by atoms with Gasteiger partial charge in [-0.15, -0.1) is 5.10 Å². The summed E-state index contributed by atoms with van der Waals surface area (Å²) in [7, 11) is 0. The summed E-state index contributed by atoms with van der Waals surface area (Å²) >= 11 is 1.59. The molecule has 6 aromatic rings. The Balaban J connectivity index is 1.32. The average molecular weight is 661 g/mol. The van der Waals surface area contributed by atoms with Crippen molar-refractivity contribution in [2.75, 3.05) is 5.75 Å². The van der Waals surface area contributed by atoms with Crippen molar-refractivity contribution in [3.63, 3.8) is 0 Å². The number of amides is 1. The van der Waals surface area contributed by atoms with Gasteiger partial charge in [-0.25, -0.2) is 9.67 Å². The number of amidine groups is 1. The second kappa shape index (κ2) is 13.9.